The van der Waals surface area contributed by atoms with Gasteiger partial charge in [-0.05, 0) is 25.0 Å². The molecule has 0 bridgehead atoms. The molecule has 0 fully saturated rings. The molecule has 2 aromatic rings. The number of aryl methyl sites for hydroxylation is 2. The van der Waals surface area contributed by atoms with Crippen LogP contribution in [0.1, 0.15) is 28.3 Å². The lowest BCUT2D eigenvalue weighted by Crippen LogP contribution is -2.38. The lowest BCUT2D eigenvalue weighted by atomic mass is 9.92. The van der Waals surface area contributed by atoms with Crippen LogP contribution in [0.5, 0.6) is 0 Å². The van der Waals surface area contributed by atoms with Crippen molar-refractivity contribution in [3.8, 4) is 0 Å². The zero-order valence-corrected chi connectivity index (χ0v) is 11.0. The minimum absolute atomic E-state index is 0.0800. The van der Waals surface area contributed by atoms with Crippen LogP contribution in [0.25, 0.3) is 0 Å². The maximum absolute atomic E-state index is 11.8. The molecule has 1 heterocycles. The van der Waals surface area contributed by atoms with Gasteiger partial charge in [-0.2, -0.15) is 0 Å². The summed E-state index contributed by atoms with van der Waals surface area (Å²) in [6.45, 7) is 4.10. The monoisotopic (exact) mass is 252 g/mol. The van der Waals surface area contributed by atoms with Crippen LogP contribution in [0.4, 0.5) is 10.5 Å². The Bertz CT molecular complexity index is 635. The molecule has 2 aromatic carbocycles. The number of anilines is 1. The number of carbonyl (C=O) groups is 1. The highest BCUT2D eigenvalue weighted by Gasteiger charge is 2.26. The van der Waals surface area contributed by atoms with Crippen LogP contribution in [0.3, 0.4) is 0 Å². The third kappa shape index (κ3) is 2.08. The van der Waals surface area contributed by atoms with Crippen molar-refractivity contribution in [3.05, 3.63) is 64.7 Å². The number of hydrogen-bond acceptors (Lipinski definition) is 1. The van der Waals surface area contributed by atoms with Crippen molar-refractivity contribution >= 4 is 11.7 Å². The van der Waals surface area contributed by atoms with Crippen molar-refractivity contribution in [3.63, 3.8) is 0 Å². The lowest BCUT2D eigenvalue weighted by molar-refractivity contribution is 0.249. The Morgan fingerprint density at radius 1 is 1.05 bits per heavy atom. The number of amides is 2. The average Bonchev–Trinajstić information content (AvgIpc) is 2.40. The van der Waals surface area contributed by atoms with E-state index in [9.17, 15) is 4.79 Å². The quantitative estimate of drug-likeness (QED) is 0.801. The molecule has 0 spiro atoms. The van der Waals surface area contributed by atoms with Gasteiger partial charge in [0.25, 0.3) is 0 Å². The third-order valence-electron chi connectivity index (χ3n) is 3.47. The molecule has 0 saturated heterocycles. The van der Waals surface area contributed by atoms with E-state index in [1.807, 2.05) is 37.3 Å². The summed E-state index contributed by atoms with van der Waals surface area (Å²) in [5.41, 5.74) is 5.47. The molecule has 0 aromatic heterocycles. The summed E-state index contributed by atoms with van der Waals surface area (Å²) in [7, 11) is 0. The van der Waals surface area contributed by atoms with E-state index in [0.717, 1.165) is 22.4 Å². The SMILES string of the molecule is Cc1cc(C)c2c(c1)C(c1ccccc1)NC(=O)N2. The molecule has 3 heteroatoms. The number of nitrogens with one attached hydrogen (secondary N) is 2. The number of fused-ring (bicyclic) bond motifs is 1. The van der Waals surface area contributed by atoms with Crippen LogP contribution >= 0.6 is 0 Å². The van der Waals surface area contributed by atoms with E-state index in [-0.39, 0.29) is 12.1 Å². The summed E-state index contributed by atoms with van der Waals surface area (Å²) in [5, 5.41) is 5.90. The molecule has 0 saturated carbocycles. The summed E-state index contributed by atoms with van der Waals surface area (Å²) < 4.78 is 0. The molecule has 1 atom stereocenters. The molecule has 2 N–H and O–H groups in total. The van der Waals surface area contributed by atoms with E-state index >= 15 is 0 Å². The van der Waals surface area contributed by atoms with Gasteiger partial charge in [0, 0.05) is 5.56 Å². The minimum atomic E-state index is -0.145. The van der Waals surface area contributed by atoms with Crippen molar-refractivity contribution in [1.29, 1.82) is 0 Å². The van der Waals surface area contributed by atoms with E-state index in [4.69, 9.17) is 0 Å². The maximum Gasteiger partial charge on any atom is 0.320 e. The number of urea groups is 1. The first-order valence-corrected chi connectivity index (χ1v) is 6.39. The summed E-state index contributed by atoms with van der Waals surface area (Å²) in [6.07, 6.45) is 0. The number of hydrogen-bond donors (Lipinski definition) is 2. The van der Waals surface area contributed by atoms with E-state index in [1.54, 1.807) is 0 Å². The molecule has 19 heavy (non-hydrogen) atoms. The Morgan fingerprint density at radius 2 is 1.79 bits per heavy atom. The van der Waals surface area contributed by atoms with Gasteiger partial charge in [-0.25, -0.2) is 4.79 Å². The molecule has 1 aliphatic heterocycles. The first-order valence-electron chi connectivity index (χ1n) is 6.39. The first kappa shape index (κ1) is 11.8. The standard InChI is InChI=1S/C16H16N2O/c1-10-8-11(2)14-13(9-10)15(18-16(19)17-14)12-6-4-3-5-7-12/h3-9,15H,1-2H3,(H2,17,18,19). The molecule has 3 rings (SSSR count). The number of carbonyl (C=O) groups excluding carboxylic acids is 1. The summed E-state index contributed by atoms with van der Waals surface area (Å²) in [6, 6.07) is 14.0. The van der Waals surface area contributed by atoms with Gasteiger partial charge in [-0.1, -0.05) is 48.0 Å². The average molecular weight is 252 g/mol. The van der Waals surface area contributed by atoms with Crippen molar-refractivity contribution < 1.29 is 4.79 Å². The Labute approximate surface area is 112 Å². The molecule has 1 unspecified atom stereocenters. The number of benzene rings is 2. The van der Waals surface area contributed by atoms with Crippen LogP contribution in [-0.4, -0.2) is 6.03 Å². The Morgan fingerprint density at radius 3 is 2.53 bits per heavy atom. The fourth-order valence-corrected chi connectivity index (χ4v) is 2.67. The molecule has 96 valence electrons. The highest BCUT2D eigenvalue weighted by molar-refractivity contribution is 5.94. The van der Waals surface area contributed by atoms with Crippen LogP contribution in [0, 0.1) is 13.8 Å². The van der Waals surface area contributed by atoms with Gasteiger partial charge in [-0.3, -0.25) is 0 Å². The van der Waals surface area contributed by atoms with Crippen LogP contribution < -0.4 is 10.6 Å². The maximum atomic E-state index is 11.8. The topological polar surface area (TPSA) is 41.1 Å². The highest BCUT2D eigenvalue weighted by atomic mass is 16.2. The summed E-state index contributed by atoms with van der Waals surface area (Å²) in [5.74, 6) is 0. The smallest absolute Gasteiger partial charge is 0.320 e. The first-order chi connectivity index (χ1) is 9.15. The highest BCUT2D eigenvalue weighted by Crippen LogP contribution is 2.34. The van der Waals surface area contributed by atoms with E-state index in [1.165, 1.54) is 5.56 Å². The predicted molar refractivity (Wildman–Crippen MR) is 76.4 cm³/mol. The second-order valence-electron chi connectivity index (χ2n) is 4.99. The van der Waals surface area contributed by atoms with Gasteiger partial charge in [-0.15, -0.1) is 0 Å². The van der Waals surface area contributed by atoms with Gasteiger partial charge >= 0.3 is 6.03 Å². The molecular formula is C16H16N2O. The Kier molecular flexibility index (Phi) is 2.75. The van der Waals surface area contributed by atoms with E-state index in [2.05, 4.69) is 29.7 Å². The van der Waals surface area contributed by atoms with Gasteiger partial charge in [0.1, 0.15) is 0 Å². The van der Waals surface area contributed by atoms with E-state index < -0.39 is 0 Å². The number of rotatable bonds is 1. The van der Waals surface area contributed by atoms with Crippen molar-refractivity contribution in [2.24, 2.45) is 0 Å². The minimum Gasteiger partial charge on any atom is -0.327 e. The van der Waals surface area contributed by atoms with Crippen LogP contribution in [0.2, 0.25) is 0 Å². The van der Waals surface area contributed by atoms with Gasteiger partial charge < -0.3 is 10.6 Å². The Balaban J connectivity index is 2.17. The molecule has 0 aliphatic carbocycles. The summed E-state index contributed by atoms with van der Waals surface area (Å²) in [4.78, 5) is 11.8. The second-order valence-corrected chi connectivity index (χ2v) is 4.99. The largest absolute Gasteiger partial charge is 0.327 e. The zero-order chi connectivity index (χ0) is 13.4. The molecular weight excluding hydrogens is 236 g/mol. The van der Waals surface area contributed by atoms with E-state index in [0.29, 0.717) is 0 Å². The second kappa shape index (κ2) is 4.43. The van der Waals surface area contributed by atoms with Crippen molar-refractivity contribution in [2.75, 3.05) is 5.32 Å². The predicted octanol–water partition coefficient (Wildman–Crippen LogP) is 3.53. The lowest BCUT2D eigenvalue weighted by Gasteiger charge is -2.29. The fourth-order valence-electron chi connectivity index (χ4n) is 2.67. The van der Waals surface area contributed by atoms with Crippen LogP contribution in [0.15, 0.2) is 42.5 Å². The van der Waals surface area contributed by atoms with Gasteiger partial charge in [0.15, 0.2) is 0 Å². The van der Waals surface area contributed by atoms with Gasteiger partial charge in [0.05, 0.1) is 11.7 Å². The Hall–Kier alpha value is -2.29. The molecule has 0 radical (unpaired) electrons. The normalized spacial score (nSPS) is 17.4. The van der Waals surface area contributed by atoms with Gasteiger partial charge in [0.2, 0.25) is 0 Å². The molecule has 1 aliphatic rings. The fraction of sp³-hybridized carbons (Fsp3) is 0.188. The van der Waals surface area contributed by atoms with Crippen molar-refractivity contribution in [1.82, 2.24) is 5.32 Å². The van der Waals surface area contributed by atoms with Crippen molar-refractivity contribution in [2.45, 2.75) is 19.9 Å². The molecule has 2 amide bonds. The summed E-state index contributed by atoms with van der Waals surface area (Å²) >= 11 is 0. The zero-order valence-electron chi connectivity index (χ0n) is 11.0. The van der Waals surface area contributed by atoms with Crippen LogP contribution in [-0.2, 0) is 0 Å². The third-order valence-corrected chi connectivity index (χ3v) is 3.47. The molecule has 3 nitrogen and oxygen atoms in total.